The van der Waals surface area contributed by atoms with E-state index in [4.69, 9.17) is 5.11 Å². The number of benzene rings is 1. The molecule has 18 heavy (non-hydrogen) atoms. The Morgan fingerprint density at radius 1 is 1.44 bits per heavy atom. The van der Waals surface area contributed by atoms with E-state index in [1.807, 2.05) is 0 Å². The van der Waals surface area contributed by atoms with Crippen molar-refractivity contribution in [3.8, 4) is 0 Å². The van der Waals surface area contributed by atoms with Crippen molar-refractivity contribution < 1.29 is 14.7 Å². The minimum absolute atomic E-state index is 0.0282. The molecule has 5 heteroatoms. The third-order valence-electron chi connectivity index (χ3n) is 3.17. The van der Waals surface area contributed by atoms with Gasteiger partial charge in [0.05, 0.1) is 11.5 Å². The summed E-state index contributed by atoms with van der Waals surface area (Å²) in [6, 6.07) is 4.92. The molecule has 96 valence electrons. The molecule has 0 aromatic heterocycles. The zero-order valence-corrected chi connectivity index (χ0v) is 10.2. The van der Waals surface area contributed by atoms with E-state index in [9.17, 15) is 9.59 Å². The van der Waals surface area contributed by atoms with Crippen molar-refractivity contribution in [2.24, 2.45) is 5.92 Å². The number of amides is 1. The molecule has 1 amide bonds. The van der Waals surface area contributed by atoms with Crippen LogP contribution in [0.15, 0.2) is 18.2 Å². The van der Waals surface area contributed by atoms with Gasteiger partial charge >= 0.3 is 5.97 Å². The highest BCUT2D eigenvalue weighted by Gasteiger charge is 2.22. The van der Waals surface area contributed by atoms with Crippen molar-refractivity contribution in [1.82, 2.24) is 5.32 Å². The summed E-state index contributed by atoms with van der Waals surface area (Å²) in [5, 5.41) is 14.9. The summed E-state index contributed by atoms with van der Waals surface area (Å²) in [6.07, 6.45) is 0.823. The maximum Gasteiger partial charge on any atom is 0.336 e. The first kappa shape index (κ1) is 12.6. The smallest absolute Gasteiger partial charge is 0.336 e. The number of carboxylic acid groups (broad SMARTS) is 1. The molecule has 1 unspecified atom stereocenters. The number of hydrogen-bond donors (Lipinski definition) is 3. The average molecular weight is 248 g/mol. The Labute approximate surface area is 105 Å². The first-order chi connectivity index (χ1) is 8.58. The average Bonchev–Trinajstić information content (AvgIpc) is 2.85. The van der Waals surface area contributed by atoms with Gasteiger partial charge in [0, 0.05) is 12.2 Å². The molecule has 0 radical (unpaired) electrons. The van der Waals surface area contributed by atoms with E-state index in [0.29, 0.717) is 17.8 Å². The highest BCUT2D eigenvalue weighted by Crippen LogP contribution is 2.17. The molecule has 2 rings (SSSR count). The summed E-state index contributed by atoms with van der Waals surface area (Å²) in [7, 11) is 0. The lowest BCUT2D eigenvalue weighted by atomic mass is 10.1. The summed E-state index contributed by atoms with van der Waals surface area (Å²) in [5.74, 6) is -1.06. The quantitative estimate of drug-likeness (QED) is 0.752. The number of carboxylic acids is 1. The molecule has 1 aromatic rings. The van der Waals surface area contributed by atoms with Gasteiger partial charge in [-0.2, -0.15) is 0 Å². The topological polar surface area (TPSA) is 78.4 Å². The van der Waals surface area contributed by atoms with Crippen LogP contribution in [0.2, 0.25) is 0 Å². The molecular formula is C13H16N2O3. The van der Waals surface area contributed by atoms with Gasteiger partial charge < -0.3 is 15.7 Å². The Balaban J connectivity index is 2.11. The van der Waals surface area contributed by atoms with Gasteiger partial charge in [-0.3, -0.25) is 4.79 Å². The van der Waals surface area contributed by atoms with E-state index in [1.54, 1.807) is 19.1 Å². The van der Waals surface area contributed by atoms with Crippen LogP contribution in [0.5, 0.6) is 0 Å². The van der Waals surface area contributed by atoms with E-state index in [2.05, 4.69) is 10.6 Å². The molecule has 1 aliphatic rings. The summed E-state index contributed by atoms with van der Waals surface area (Å²) in [4.78, 5) is 22.9. The lowest BCUT2D eigenvalue weighted by molar-refractivity contribution is -0.119. The first-order valence-electron chi connectivity index (χ1n) is 5.93. The van der Waals surface area contributed by atoms with Gasteiger partial charge in [0.15, 0.2) is 0 Å². The van der Waals surface area contributed by atoms with Crippen molar-refractivity contribution in [2.45, 2.75) is 13.3 Å². The minimum atomic E-state index is -0.980. The third kappa shape index (κ3) is 2.68. The molecule has 1 aromatic carbocycles. The maximum absolute atomic E-state index is 11.9. The van der Waals surface area contributed by atoms with Crippen LogP contribution in [0.3, 0.4) is 0 Å². The predicted octanol–water partition coefficient (Wildman–Crippen LogP) is 1.24. The van der Waals surface area contributed by atoms with Crippen LogP contribution in [-0.4, -0.2) is 30.1 Å². The second-order valence-electron chi connectivity index (χ2n) is 4.51. The number of carbonyl (C=O) groups excluding carboxylic acids is 1. The van der Waals surface area contributed by atoms with E-state index in [-0.39, 0.29) is 17.4 Å². The van der Waals surface area contributed by atoms with Crippen LogP contribution >= 0.6 is 0 Å². The highest BCUT2D eigenvalue weighted by molar-refractivity contribution is 5.95. The molecule has 3 N–H and O–H groups in total. The SMILES string of the molecule is Cc1ccc(NC(=O)C2CCNC2)cc1C(=O)O. The maximum atomic E-state index is 11.9. The zero-order chi connectivity index (χ0) is 13.1. The highest BCUT2D eigenvalue weighted by atomic mass is 16.4. The second kappa shape index (κ2) is 5.18. The first-order valence-corrected chi connectivity index (χ1v) is 5.93. The lowest BCUT2D eigenvalue weighted by Crippen LogP contribution is -2.24. The van der Waals surface area contributed by atoms with Crippen molar-refractivity contribution >= 4 is 17.6 Å². The van der Waals surface area contributed by atoms with Crippen LogP contribution in [-0.2, 0) is 4.79 Å². The Kier molecular flexibility index (Phi) is 3.62. The van der Waals surface area contributed by atoms with Gasteiger partial charge in [-0.15, -0.1) is 0 Å². The Morgan fingerprint density at radius 2 is 2.22 bits per heavy atom. The summed E-state index contributed by atoms with van der Waals surface area (Å²) in [6.45, 7) is 3.27. The van der Waals surface area contributed by atoms with Crippen molar-refractivity contribution in [1.29, 1.82) is 0 Å². The normalized spacial score (nSPS) is 18.6. The van der Waals surface area contributed by atoms with Gasteiger partial charge in [0.25, 0.3) is 0 Å². The van der Waals surface area contributed by atoms with Crippen molar-refractivity contribution in [2.75, 3.05) is 18.4 Å². The number of carbonyl (C=O) groups is 2. The third-order valence-corrected chi connectivity index (χ3v) is 3.17. The zero-order valence-electron chi connectivity index (χ0n) is 10.2. The molecule has 5 nitrogen and oxygen atoms in total. The Hall–Kier alpha value is -1.88. The predicted molar refractivity (Wildman–Crippen MR) is 67.7 cm³/mol. The number of anilines is 1. The summed E-state index contributed by atoms with van der Waals surface area (Å²) >= 11 is 0. The standard InChI is InChI=1S/C13H16N2O3/c1-8-2-3-10(6-11(8)13(17)18)15-12(16)9-4-5-14-7-9/h2-3,6,9,14H,4-5,7H2,1H3,(H,15,16)(H,17,18). The van der Waals surface area contributed by atoms with Crippen LogP contribution < -0.4 is 10.6 Å². The fraction of sp³-hybridized carbons (Fsp3) is 0.385. The van der Waals surface area contributed by atoms with Crippen LogP contribution in [0, 0.1) is 12.8 Å². The van der Waals surface area contributed by atoms with Gasteiger partial charge in [-0.1, -0.05) is 6.07 Å². The molecule has 0 bridgehead atoms. The number of hydrogen-bond acceptors (Lipinski definition) is 3. The molecular weight excluding hydrogens is 232 g/mol. The van der Waals surface area contributed by atoms with E-state index in [0.717, 1.165) is 13.0 Å². The van der Waals surface area contributed by atoms with Gasteiger partial charge in [-0.25, -0.2) is 4.79 Å². The molecule has 0 saturated carbocycles. The van der Waals surface area contributed by atoms with Gasteiger partial charge in [0.2, 0.25) is 5.91 Å². The molecule has 0 aliphatic carbocycles. The van der Waals surface area contributed by atoms with Crippen LogP contribution in [0.25, 0.3) is 0 Å². The molecule has 1 aliphatic heterocycles. The fourth-order valence-corrected chi connectivity index (χ4v) is 2.05. The van der Waals surface area contributed by atoms with E-state index in [1.165, 1.54) is 6.07 Å². The van der Waals surface area contributed by atoms with E-state index >= 15 is 0 Å². The largest absolute Gasteiger partial charge is 0.478 e. The van der Waals surface area contributed by atoms with Crippen LogP contribution in [0.4, 0.5) is 5.69 Å². The summed E-state index contributed by atoms with van der Waals surface area (Å²) < 4.78 is 0. The molecule has 1 saturated heterocycles. The molecule has 1 atom stereocenters. The molecule has 1 fully saturated rings. The monoisotopic (exact) mass is 248 g/mol. The number of aryl methyl sites for hydroxylation is 1. The number of aromatic carboxylic acids is 1. The van der Waals surface area contributed by atoms with Crippen LogP contribution in [0.1, 0.15) is 22.3 Å². The number of nitrogens with one attached hydrogen (secondary N) is 2. The minimum Gasteiger partial charge on any atom is -0.478 e. The van der Waals surface area contributed by atoms with Crippen molar-refractivity contribution in [3.05, 3.63) is 29.3 Å². The van der Waals surface area contributed by atoms with Gasteiger partial charge in [-0.05, 0) is 37.6 Å². The molecule has 0 spiro atoms. The second-order valence-corrected chi connectivity index (χ2v) is 4.51. The Morgan fingerprint density at radius 3 is 2.83 bits per heavy atom. The van der Waals surface area contributed by atoms with E-state index < -0.39 is 5.97 Å². The lowest BCUT2D eigenvalue weighted by Gasteiger charge is -2.11. The Bertz CT molecular complexity index is 479. The summed E-state index contributed by atoms with van der Waals surface area (Å²) in [5.41, 5.74) is 1.44. The molecule has 1 heterocycles. The van der Waals surface area contributed by atoms with Crippen molar-refractivity contribution in [3.63, 3.8) is 0 Å². The van der Waals surface area contributed by atoms with Gasteiger partial charge in [0.1, 0.15) is 0 Å². The number of rotatable bonds is 3. The fourth-order valence-electron chi connectivity index (χ4n) is 2.05.